The highest BCUT2D eigenvalue weighted by atomic mass is 19.1. The molecule has 2 rings (SSSR count). The third-order valence-corrected chi connectivity index (χ3v) is 2.70. The van der Waals surface area contributed by atoms with Crippen molar-refractivity contribution < 1.29 is 14.0 Å². The van der Waals surface area contributed by atoms with Crippen LogP contribution in [-0.2, 0) is 16.1 Å². The fourth-order valence-electron chi connectivity index (χ4n) is 1.90. The summed E-state index contributed by atoms with van der Waals surface area (Å²) in [4.78, 5) is 23.7. The van der Waals surface area contributed by atoms with Crippen LogP contribution in [-0.4, -0.2) is 23.6 Å². The van der Waals surface area contributed by atoms with Gasteiger partial charge in [-0.25, -0.2) is 4.39 Å². The molecule has 1 amide bonds. The predicted molar refractivity (Wildman–Crippen MR) is 56.0 cm³/mol. The normalized spacial score (nSPS) is 20.2. The molecule has 0 N–H and O–H groups in total. The first kappa shape index (κ1) is 10.8. The zero-order chi connectivity index (χ0) is 11.5. The Bertz CT molecular complexity index is 419. The van der Waals surface area contributed by atoms with Crippen LogP contribution >= 0.6 is 0 Å². The molecule has 1 aromatic carbocycles. The number of amides is 1. The minimum Gasteiger partial charge on any atom is -0.338 e. The molecule has 1 heterocycles. The van der Waals surface area contributed by atoms with Crippen LogP contribution in [0.1, 0.15) is 12.0 Å². The number of rotatable bonds is 3. The van der Waals surface area contributed by atoms with Crippen molar-refractivity contribution in [2.75, 3.05) is 6.54 Å². The Hall–Kier alpha value is -1.71. The first-order valence-electron chi connectivity index (χ1n) is 5.16. The van der Waals surface area contributed by atoms with Crippen LogP contribution < -0.4 is 0 Å². The van der Waals surface area contributed by atoms with E-state index in [-0.39, 0.29) is 24.1 Å². The number of carbonyl (C=O) groups excluding carboxylic acids is 2. The number of carbonyl (C=O) groups is 2. The first-order chi connectivity index (χ1) is 7.69. The molecule has 3 nitrogen and oxygen atoms in total. The number of halogens is 1. The molecule has 0 bridgehead atoms. The lowest BCUT2D eigenvalue weighted by atomic mass is 10.1. The Morgan fingerprint density at radius 3 is 2.94 bits per heavy atom. The highest BCUT2D eigenvalue weighted by Crippen LogP contribution is 2.18. The molecular formula is C12H12FNO2. The largest absolute Gasteiger partial charge is 0.338 e. The van der Waals surface area contributed by atoms with E-state index in [9.17, 15) is 14.0 Å². The average molecular weight is 221 g/mol. The van der Waals surface area contributed by atoms with Gasteiger partial charge in [-0.3, -0.25) is 4.79 Å². The van der Waals surface area contributed by atoms with Crippen molar-refractivity contribution >= 4 is 12.2 Å². The van der Waals surface area contributed by atoms with Gasteiger partial charge < -0.3 is 9.69 Å². The molecule has 0 aromatic heterocycles. The summed E-state index contributed by atoms with van der Waals surface area (Å²) in [7, 11) is 0. The summed E-state index contributed by atoms with van der Waals surface area (Å²) < 4.78 is 12.9. The van der Waals surface area contributed by atoms with E-state index in [2.05, 4.69) is 0 Å². The van der Waals surface area contributed by atoms with Gasteiger partial charge in [0, 0.05) is 25.4 Å². The van der Waals surface area contributed by atoms with Crippen molar-refractivity contribution in [3.05, 3.63) is 35.6 Å². The molecule has 84 valence electrons. The van der Waals surface area contributed by atoms with Crippen LogP contribution in [0, 0.1) is 11.7 Å². The van der Waals surface area contributed by atoms with Crippen molar-refractivity contribution in [2.24, 2.45) is 5.92 Å². The van der Waals surface area contributed by atoms with E-state index in [0.29, 0.717) is 13.1 Å². The molecule has 4 heteroatoms. The fourth-order valence-corrected chi connectivity index (χ4v) is 1.90. The lowest BCUT2D eigenvalue weighted by Gasteiger charge is -2.15. The van der Waals surface area contributed by atoms with Crippen LogP contribution in [0.4, 0.5) is 4.39 Å². The van der Waals surface area contributed by atoms with Gasteiger partial charge in [0.05, 0.1) is 0 Å². The number of aldehydes is 1. The molecule has 0 aliphatic carbocycles. The molecule has 1 saturated heterocycles. The SMILES string of the molecule is O=CC1CC(=O)N(Cc2cccc(F)c2)C1. The van der Waals surface area contributed by atoms with Crippen molar-refractivity contribution in [1.29, 1.82) is 0 Å². The topological polar surface area (TPSA) is 37.4 Å². The first-order valence-corrected chi connectivity index (χ1v) is 5.16. The average Bonchev–Trinajstić information content (AvgIpc) is 2.60. The molecule has 16 heavy (non-hydrogen) atoms. The van der Waals surface area contributed by atoms with Gasteiger partial charge in [-0.1, -0.05) is 12.1 Å². The minimum atomic E-state index is -0.309. The Balaban J connectivity index is 2.05. The third kappa shape index (κ3) is 2.27. The van der Waals surface area contributed by atoms with Crippen LogP contribution in [0.25, 0.3) is 0 Å². The molecule has 1 unspecified atom stereocenters. The van der Waals surface area contributed by atoms with Crippen molar-refractivity contribution in [3.63, 3.8) is 0 Å². The summed E-state index contributed by atoms with van der Waals surface area (Å²) in [6.07, 6.45) is 1.09. The summed E-state index contributed by atoms with van der Waals surface area (Å²) >= 11 is 0. The molecular weight excluding hydrogens is 209 g/mol. The van der Waals surface area contributed by atoms with Gasteiger partial charge in [0.25, 0.3) is 0 Å². The number of hydrogen-bond acceptors (Lipinski definition) is 2. The Morgan fingerprint density at radius 2 is 2.31 bits per heavy atom. The molecule has 1 fully saturated rings. The molecule has 0 spiro atoms. The van der Waals surface area contributed by atoms with Crippen LogP contribution in [0.3, 0.4) is 0 Å². The van der Waals surface area contributed by atoms with E-state index in [0.717, 1.165) is 11.8 Å². The molecule has 0 saturated carbocycles. The zero-order valence-electron chi connectivity index (χ0n) is 8.73. The quantitative estimate of drug-likeness (QED) is 0.723. The maximum absolute atomic E-state index is 12.9. The fraction of sp³-hybridized carbons (Fsp3) is 0.333. The second kappa shape index (κ2) is 4.43. The van der Waals surface area contributed by atoms with Crippen molar-refractivity contribution in [1.82, 2.24) is 4.90 Å². The second-order valence-electron chi connectivity index (χ2n) is 4.00. The van der Waals surface area contributed by atoms with Gasteiger partial charge in [0.15, 0.2) is 0 Å². The van der Waals surface area contributed by atoms with E-state index in [1.807, 2.05) is 0 Å². The minimum absolute atomic E-state index is 0.0404. The van der Waals surface area contributed by atoms with E-state index in [4.69, 9.17) is 0 Å². The van der Waals surface area contributed by atoms with Crippen LogP contribution in [0.5, 0.6) is 0 Å². The van der Waals surface area contributed by atoms with Gasteiger partial charge in [-0.15, -0.1) is 0 Å². The van der Waals surface area contributed by atoms with E-state index >= 15 is 0 Å². The zero-order valence-corrected chi connectivity index (χ0v) is 8.73. The highest BCUT2D eigenvalue weighted by Gasteiger charge is 2.28. The summed E-state index contributed by atoms with van der Waals surface area (Å²) in [6.45, 7) is 0.819. The van der Waals surface area contributed by atoms with Crippen LogP contribution in [0.15, 0.2) is 24.3 Å². The van der Waals surface area contributed by atoms with E-state index < -0.39 is 0 Å². The van der Waals surface area contributed by atoms with E-state index in [1.54, 1.807) is 17.0 Å². The van der Waals surface area contributed by atoms with Gasteiger partial charge in [-0.2, -0.15) is 0 Å². The maximum Gasteiger partial charge on any atom is 0.223 e. The van der Waals surface area contributed by atoms with Crippen molar-refractivity contribution in [3.8, 4) is 0 Å². The maximum atomic E-state index is 12.9. The molecule has 1 aliphatic rings. The van der Waals surface area contributed by atoms with Gasteiger partial charge >= 0.3 is 0 Å². The lowest BCUT2D eigenvalue weighted by molar-refractivity contribution is -0.128. The van der Waals surface area contributed by atoms with Crippen LogP contribution in [0.2, 0.25) is 0 Å². The lowest BCUT2D eigenvalue weighted by Crippen LogP contribution is -2.24. The Labute approximate surface area is 92.9 Å². The number of likely N-dealkylation sites (tertiary alicyclic amines) is 1. The monoisotopic (exact) mass is 221 g/mol. The van der Waals surface area contributed by atoms with Gasteiger partial charge in [0.1, 0.15) is 12.1 Å². The van der Waals surface area contributed by atoms with Gasteiger partial charge in [0.2, 0.25) is 5.91 Å². The number of nitrogens with zero attached hydrogens (tertiary/aromatic N) is 1. The third-order valence-electron chi connectivity index (χ3n) is 2.70. The van der Waals surface area contributed by atoms with Gasteiger partial charge in [-0.05, 0) is 17.7 Å². The smallest absolute Gasteiger partial charge is 0.223 e. The highest BCUT2D eigenvalue weighted by molar-refractivity contribution is 5.82. The predicted octanol–water partition coefficient (Wildman–Crippen LogP) is 1.37. The second-order valence-corrected chi connectivity index (χ2v) is 4.00. The summed E-state index contributed by atoms with van der Waals surface area (Å²) in [6, 6.07) is 6.15. The number of hydrogen-bond donors (Lipinski definition) is 0. The van der Waals surface area contributed by atoms with Crippen molar-refractivity contribution in [2.45, 2.75) is 13.0 Å². The standard InChI is InChI=1S/C12H12FNO2/c13-11-3-1-2-9(4-11)6-14-7-10(8-15)5-12(14)16/h1-4,8,10H,5-7H2. The summed E-state index contributed by atoms with van der Waals surface area (Å²) in [5.74, 6) is -0.557. The summed E-state index contributed by atoms with van der Waals surface area (Å²) in [5, 5.41) is 0. The Morgan fingerprint density at radius 1 is 1.50 bits per heavy atom. The molecule has 1 aromatic rings. The molecule has 1 atom stereocenters. The molecule has 0 radical (unpaired) electrons. The summed E-state index contributed by atoms with van der Waals surface area (Å²) in [5.41, 5.74) is 0.750. The number of benzene rings is 1. The molecule has 1 aliphatic heterocycles. The Kier molecular flexibility index (Phi) is 2.99. The van der Waals surface area contributed by atoms with E-state index in [1.165, 1.54) is 12.1 Å².